The zero-order valence-electron chi connectivity index (χ0n) is 13.8. The molecule has 0 fully saturated rings. The van der Waals surface area contributed by atoms with Gasteiger partial charge in [-0.2, -0.15) is 0 Å². The molecular weight excluding hydrogens is 266 g/mol. The van der Waals surface area contributed by atoms with E-state index < -0.39 is 0 Å². The first-order chi connectivity index (χ1) is 8.28. The predicted molar refractivity (Wildman–Crippen MR) is 85.5 cm³/mol. The molecule has 112 valence electrons. The van der Waals surface area contributed by atoms with Crippen LogP contribution in [0.2, 0.25) is 0 Å². The summed E-state index contributed by atoms with van der Waals surface area (Å²) in [6, 6.07) is 0. The number of halogens is 1. The molecule has 0 aromatic carbocycles. The molecule has 2 unspecified atom stereocenters. The van der Waals surface area contributed by atoms with Crippen molar-refractivity contribution in [3.63, 3.8) is 0 Å². The monoisotopic (exact) mass is 299 g/mol. The van der Waals surface area contributed by atoms with Crippen molar-refractivity contribution in [1.82, 2.24) is 0 Å². The molecule has 1 nitrogen and oxygen atoms in total. The van der Waals surface area contributed by atoms with Gasteiger partial charge in [-0.15, -0.1) is 13.1 Å². The van der Waals surface area contributed by atoms with Crippen LogP contribution in [0.15, 0.2) is 0 Å². The summed E-state index contributed by atoms with van der Waals surface area (Å²) in [5.74, 6) is 1.69. The Bertz CT molecular complexity index is 140. The molecule has 0 aromatic heterocycles. The second-order valence-corrected chi connectivity index (χ2v) is 5.42. The van der Waals surface area contributed by atoms with Crippen molar-refractivity contribution in [3.05, 3.63) is 5.32 Å². The maximum Gasteiger partial charge on any atom is 2.00 e. The Hall–Kier alpha value is 1.02. The molecule has 0 aliphatic heterocycles. The van der Waals surface area contributed by atoms with Crippen molar-refractivity contribution in [2.45, 2.75) is 79.1 Å². The van der Waals surface area contributed by atoms with Crippen LogP contribution in [0.1, 0.15) is 79.1 Å². The zero-order chi connectivity index (χ0) is 12.9. The van der Waals surface area contributed by atoms with Crippen LogP contribution in [0.4, 0.5) is 0 Å². The van der Waals surface area contributed by atoms with Gasteiger partial charge in [-0.3, -0.25) is 0 Å². The number of nitrogens with zero attached hydrogens (tertiary/aromatic N) is 1. The molecule has 0 aliphatic rings. The summed E-state index contributed by atoms with van der Waals surface area (Å²) in [5, 5.41) is 4.82. The van der Waals surface area contributed by atoms with Crippen molar-refractivity contribution >= 4 is 23.1 Å². The Kier molecular flexibility index (Phi) is 25.0. The fourth-order valence-corrected chi connectivity index (χ4v) is 2.27. The maximum atomic E-state index is 4.82. The summed E-state index contributed by atoms with van der Waals surface area (Å²) in [6.45, 7) is 11.4. The Morgan fingerprint density at radius 2 is 1.11 bits per heavy atom. The van der Waals surface area contributed by atoms with Crippen LogP contribution in [0, 0.1) is 11.8 Å². The van der Waals surface area contributed by atoms with Crippen molar-refractivity contribution in [3.8, 4) is 0 Å². The van der Waals surface area contributed by atoms with Gasteiger partial charge in [-0.05, 0) is 0 Å². The first kappa shape index (κ1) is 25.0. The first-order valence-corrected chi connectivity index (χ1v) is 7.91. The number of hydrogen-bond acceptors (Lipinski definition) is 0. The Labute approximate surface area is 144 Å². The van der Waals surface area contributed by atoms with Crippen LogP contribution in [0.3, 0.4) is 0 Å². The second kappa shape index (κ2) is 19.0. The molecule has 0 rings (SSSR count). The summed E-state index contributed by atoms with van der Waals surface area (Å²) >= 11 is 0. The van der Waals surface area contributed by atoms with E-state index in [0.29, 0.717) is 0 Å². The molecule has 0 bridgehead atoms. The Morgan fingerprint density at radius 3 is 1.37 bits per heavy atom. The average molecular weight is 300 g/mol. The van der Waals surface area contributed by atoms with Crippen LogP contribution in [0.5, 0.6) is 0 Å². The predicted octanol–water partition coefficient (Wildman–Crippen LogP) is 2.42. The fourth-order valence-electron chi connectivity index (χ4n) is 2.27. The van der Waals surface area contributed by atoms with Crippen LogP contribution in [-0.2, 0) is 0 Å². The summed E-state index contributed by atoms with van der Waals surface area (Å²) in [7, 11) is 0. The van der Waals surface area contributed by atoms with Crippen LogP contribution >= 0.6 is 0 Å². The van der Waals surface area contributed by atoms with Crippen molar-refractivity contribution in [2.24, 2.45) is 11.8 Å². The quantitative estimate of drug-likeness (QED) is 0.492. The third-order valence-electron chi connectivity index (χ3n) is 3.86. The van der Waals surface area contributed by atoms with E-state index in [9.17, 15) is 0 Å². The molecule has 3 heteroatoms. The molecule has 0 amide bonds. The zero-order valence-corrected chi connectivity index (χ0v) is 15.9. The molecule has 2 atom stereocenters. The largest absolute Gasteiger partial charge is 2.00 e. The van der Waals surface area contributed by atoms with E-state index in [-0.39, 0.29) is 35.5 Å². The topological polar surface area (TPSA) is 14.1 Å². The Balaban J connectivity index is -0.00000128. The standard InChI is InChI=1S/C16H34N.ClH.Mg/c1-5-9-11-15(7-3)13-17-14-16(8-4)12-10-6-2;;/h15-16H,5-14H2,1-4H3;1H;/q-1;;+2/p-1. The maximum absolute atomic E-state index is 4.82. The molecule has 0 saturated carbocycles. The minimum Gasteiger partial charge on any atom is -1.00 e. The van der Waals surface area contributed by atoms with E-state index in [2.05, 4.69) is 27.7 Å². The van der Waals surface area contributed by atoms with Crippen molar-refractivity contribution in [2.75, 3.05) is 13.1 Å². The van der Waals surface area contributed by atoms with E-state index in [1.54, 1.807) is 0 Å². The summed E-state index contributed by atoms with van der Waals surface area (Å²) in [4.78, 5) is 0. The molecular formula is C16H34ClMgN. The van der Waals surface area contributed by atoms with Crippen LogP contribution in [-0.4, -0.2) is 36.1 Å². The third-order valence-corrected chi connectivity index (χ3v) is 3.86. The van der Waals surface area contributed by atoms with Gasteiger partial charge in [0.2, 0.25) is 0 Å². The van der Waals surface area contributed by atoms with Gasteiger partial charge in [0.15, 0.2) is 0 Å². The molecule has 0 radical (unpaired) electrons. The van der Waals surface area contributed by atoms with Crippen LogP contribution in [0.25, 0.3) is 5.32 Å². The molecule has 0 heterocycles. The van der Waals surface area contributed by atoms with Gasteiger partial charge in [-0.1, -0.05) is 90.9 Å². The number of unbranched alkanes of at least 4 members (excludes halogenated alkanes) is 2. The number of hydrogen-bond donors (Lipinski definition) is 0. The normalized spacial score (nSPS) is 13.3. The van der Waals surface area contributed by atoms with Crippen molar-refractivity contribution < 1.29 is 12.4 Å². The molecule has 0 N–H and O–H groups in total. The van der Waals surface area contributed by atoms with Gasteiger partial charge in [0.25, 0.3) is 0 Å². The van der Waals surface area contributed by atoms with Gasteiger partial charge < -0.3 is 17.7 Å². The minimum atomic E-state index is 0. The number of rotatable bonds is 12. The SMILES string of the molecule is CCCCC(CC)C[N-]CC(CC)CCCC.[Cl-].[Mg+2]. The Morgan fingerprint density at radius 1 is 0.737 bits per heavy atom. The van der Waals surface area contributed by atoms with E-state index in [1.165, 1.54) is 51.4 Å². The van der Waals surface area contributed by atoms with Crippen molar-refractivity contribution in [1.29, 1.82) is 0 Å². The van der Waals surface area contributed by atoms with Gasteiger partial charge in [-0.25, -0.2) is 0 Å². The minimum absolute atomic E-state index is 0. The summed E-state index contributed by atoms with van der Waals surface area (Å²) < 4.78 is 0. The van der Waals surface area contributed by atoms with Gasteiger partial charge in [0.05, 0.1) is 0 Å². The van der Waals surface area contributed by atoms with Gasteiger partial charge >= 0.3 is 23.1 Å². The third kappa shape index (κ3) is 15.2. The molecule has 0 aromatic rings. The molecule has 0 spiro atoms. The van der Waals surface area contributed by atoms with E-state index in [4.69, 9.17) is 5.32 Å². The molecule has 0 saturated heterocycles. The smallest absolute Gasteiger partial charge is 1.00 e. The molecule has 19 heavy (non-hydrogen) atoms. The van der Waals surface area contributed by atoms with E-state index in [1.807, 2.05) is 0 Å². The summed E-state index contributed by atoms with van der Waals surface area (Å²) in [6.07, 6.45) is 10.8. The molecule has 0 aliphatic carbocycles. The van der Waals surface area contributed by atoms with Gasteiger partial charge in [0.1, 0.15) is 0 Å². The van der Waals surface area contributed by atoms with E-state index in [0.717, 1.165) is 24.9 Å². The van der Waals surface area contributed by atoms with Crippen LogP contribution < -0.4 is 12.4 Å². The second-order valence-electron chi connectivity index (χ2n) is 5.42. The van der Waals surface area contributed by atoms with E-state index >= 15 is 0 Å². The first-order valence-electron chi connectivity index (χ1n) is 7.91. The average Bonchev–Trinajstić information content (AvgIpc) is 2.37. The summed E-state index contributed by atoms with van der Waals surface area (Å²) in [5.41, 5.74) is 0. The fraction of sp³-hybridized carbons (Fsp3) is 1.00. The van der Waals surface area contributed by atoms with Gasteiger partial charge in [0, 0.05) is 0 Å².